The molecular formula is C34H47Br2F3N6O4. The van der Waals surface area contributed by atoms with E-state index in [4.69, 9.17) is 0 Å². The number of aromatic nitrogens is 2. The second-order valence-electron chi connectivity index (χ2n) is 13.5. The number of amides is 4. The highest BCUT2D eigenvalue weighted by Gasteiger charge is 2.50. The first kappa shape index (κ1) is 42.1. The first-order valence-corrected chi connectivity index (χ1v) is 16.6. The molecule has 0 aromatic carbocycles. The molecule has 0 aliphatic carbocycles. The number of anilines is 2. The molecular weight excluding hydrogens is 773 g/mol. The third-order valence-corrected chi connectivity index (χ3v) is 10.1. The molecule has 0 unspecified atom stereocenters. The Bertz CT molecular complexity index is 1450. The number of hydrogen-bond acceptors (Lipinski definition) is 6. The van der Waals surface area contributed by atoms with E-state index in [-0.39, 0.29) is 71.3 Å². The third-order valence-electron chi connectivity index (χ3n) is 9.25. The number of hydrogen-bond donors (Lipinski definition) is 2. The monoisotopic (exact) mass is 818 g/mol. The van der Waals surface area contributed by atoms with Crippen LogP contribution in [0.1, 0.15) is 79.9 Å². The van der Waals surface area contributed by atoms with Crippen LogP contribution in [0.15, 0.2) is 33.5 Å². The molecule has 2 saturated heterocycles. The number of pyridine rings is 2. The van der Waals surface area contributed by atoms with Crippen LogP contribution in [0.25, 0.3) is 0 Å². The predicted molar refractivity (Wildman–Crippen MR) is 191 cm³/mol. The van der Waals surface area contributed by atoms with E-state index in [1.54, 1.807) is 12.4 Å². The summed E-state index contributed by atoms with van der Waals surface area (Å²) in [6.07, 6.45) is 1.30. The van der Waals surface area contributed by atoms with Gasteiger partial charge in [-0.15, -0.1) is 0 Å². The van der Waals surface area contributed by atoms with E-state index >= 15 is 0 Å². The van der Waals surface area contributed by atoms with Gasteiger partial charge in [0.2, 0.25) is 17.7 Å². The Kier molecular flexibility index (Phi) is 13.3. The van der Waals surface area contributed by atoms with Gasteiger partial charge in [0.1, 0.15) is 11.6 Å². The van der Waals surface area contributed by atoms with Gasteiger partial charge in [-0.2, -0.15) is 13.2 Å². The van der Waals surface area contributed by atoms with E-state index in [1.807, 2.05) is 37.8 Å². The molecule has 4 aliphatic heterocycles. The molecule has 4 amide bonds. The van der Waals surface area contributed by atoms with E-state index < -0.39 is 22.9 Å². The van der Waals surface area contributed by atoms with Crippen molar-refractivity contribution < 1.29 is 32.3 Å². The number of fused-ring (bicyclic) bond motifs is 2. The molecule has 0 atom stereocenters. The lowest BCUT2D eigenvalue weighted by molar-refractivity contribution is -0.187. The van der Waals surface area contributed by atoms with Gasteiger partial charge in [-0.05, 0) is 93.6 Å². The molecule has 0 radical (unpaired) electrons. The number of carbonyl (C=O) groups is 4. The Morgan fingerprint density at radius 2 is 1.06 bits per heavy atom. The summed E-state index contributed by atoms with van der Waals surface area (Å²) in [5, 5.41) is 5.67. The van der Waals surface area contributed by atoms with Crippen LogP contribution in [0.4, 0.5) is 24.8 Å². The Balaban J connectivity index is 0.000000321. The van der Waals surface area contributed by atoms with Crippen LogP contribution in [-0.2, 0) is 32.0 Å². The number of nitrogens with zero attached hydrogens (tertiary/aromatic N) is 4. The van der Waals surface area contributed by atoms with E-state index in [9.17, 15) is 32.3 Å². The normalized spacial score (nSPS) is 18.9. The van der Waals surface area contributed by atoms with Crippen molar-refractivity contribution in [3.05, 3.63) is 44.6 Å². The molecule has 0 saturated carbocycles. The molecule has 2 aromatic rings. The van der Waals surface area contributed by atoms with Gasteiger partial charge in [0.15, 0.2) is 0 Å². The lowest BCUT2D eigenvalue weighted by Crippen LogP contribution is -2.53. The second kappa shape index (κ2) is 15.4. The largest absolute Gasteiger partial charge is 0.471 e. The molecule has 49 heavy (non-hydrogen) atoms. The smallest absolute Gasteiger partial charge is 0.342 e. The number of halogens is 5. The van der Waals surface area contributed by atoms with Gasteiger partial charge in [-0.25, -0.2) is 9.97 Å². The van der Waals surface area contributed by atoms with Crippen molar-refractivity contribution in [1.82, 2.24) is 19.8 Å². The van der Waals surface area contributed by atoms with Crippen LogP contribution in [0.3, 0.4) is 0 Å². The Hall–Kier alpha value is -3.07. The topological polar surface area (TPSA) is 125 Å². The molecule has 2 N–H and O–H groups in total. The lowest BCUT2D eigenvalue weighted by Gasteiger charge is -2.44. The predicted octanol–water partition coefficient (Wildman–Crippen LogP) is 7.41. The fourth-order valence-electron chi connectivity index (χ4n) is 6.56. The minimum atomic E-state index is -4.87. The maximum atomic E-state index is 12.6. The summed E-state index contributed by atoms with van der Waals surface area (Å²) in [5.41, 5.74) is 0.340. The molecule has 272 valence electrons. The van der Waals surface area contributed by atoms with Crippen molar-refractivity contribution in [3.63, 3.8) is 0 Å². The summed E-state index contributed by atoms with van der Waals surface area (Å²) in [5.74, 6) is -0.724. The number of alkyl halides is 3. The van der Waals surface area contributed by atoms with Gasteiger partial charge in [0, 0.05) is 52.9 Å². The van der Waals surface area contributed by atoms with Crippen LogP contribution in [0.5, 0.6) is 0 Å². The third kappa shape index (κ3) is 8.81. The van der Waals surface area contributed by atoms with Crippen LogP contribution >= 0.6 is 31.9 Å². The van der Waals surface area contributed by atoms with Crippen molar-refractivity contribution in [3.8, 4) is 0 Å². The Labute approximate surface area is 303 Å². The zero-order chi connectivity index (χ0) is 33.7. The van der Waals surface area contributed by atoms with Crippen molar-refractivity contribution >= 4 is 67.1 Å². The molecule has 15 heteroatoms. The second-order valence-corrected chi connectivity index (χ2v) is 15.3. The van der Waals surface area contributed by atoms with Crippen LogP contribution in [0.2, 0.25) is 0 Å². The van der Waals surface area contributed by atoms with Crippen LogP contribution in [-0.4, -0.2) is 75.8 Å². The fourth-order valence-corrected chi connectivity index (χ4v) is 7.32. The molecule has 0 bridgehead atoms. The molecule has 6 rings (SSSR count). The number of rotatable bonds is 0. The first-order valence-electron chi connectivity index (χ1n) is 15.0. The minimum Gasteiger partial charge on any atom is -0.342 e. The van der Waals surface area contributed by atoms with E-state index in [1.165, 1.54) is 0 Å². The zero-order valence-electron chi connectivity index (χ0n) is 25.7. The van der Waals surface area contributed by atoms with Gasteiger partial charge in [-0.3, -0.25) is 19.2 Å². The number of piperidine rings is 2. The maximum Gasteiger partial charge on any atom is 0.471 e. The quantitative estimate of drug-likeness (QED) is 0.286. The molecule has 2 fully saturated rings. The van der Waals surface area contributed by atoms with E-state index in [0.717, 1.165) is 25.0 Å². The van der Waals surface area contributed by atoms with E-state index in [0.29, 0.717) is 50.4 Å². The summed E-state index contributed by atoms with van der Waals surface area (Å²) in [6, 6.07) is 3.87. The van der Waals surface area contributed by atoms with E-state index in [2.05, 4.69) is 52.5 Å². The number of likely N-dealkylation sites (tertiary alicyclic amines) is 2. The number of nitrogens with one attached hydrogen (secondary N) is 2. The maximum absolute atomic E-state index is 12.6. The minimum absolute atomic E-state index is 0. The molecule has 10 nitrogen and oxygen atoms in total. The van der Waals surface area contributed by atoms with Crippen LogP contribution < -0.4 is 10.6 Å². The average Bonchev–Trinajstić information content (AvgIpc) is 2.98. The average molecular weight is 821 g/mol. The molecule has 2 aromatic heterocycles. The SMILES string of the molecule is C.C.C.CC(C)(C)C(=O)N1CCC2(CC1)Cc1cc(Br)cnc1NC2=O.O=C(N1CCC2(CC1)Cc1cc(Br)cnc1NC2=O)C(F)(F)F. The van der Waals surface area contributed by atoms with Gasteiger partial charge in [0.05, 0.1) is 10.8 Å². The van der Waals surface area contributed by atoms with Gasteiger partial charge in [0.25, 0.3) is 0 Å². The lowest BCUT2D eigenvalue weighted by atomic mass is 9.71. The molecule has 4 aliphatic rings. The highest BCUT2D eigenvalue weighted by molar-refractivity contribution is 9.10. The standard InChI is InChI=1S/C17H22BrN3O2.C14H13BrF3N3O2.3CH4/c1-16(2,3)15(23)21-6-4-17(5-7-21)9-11-8-12(18)10-19-13(11)20-14(17)22;15-9-5-8-6-13(11(22)20-10(8)19-7-9)1-3-21(4-2-13)12(23)14(16,17)18;;;/h8,10H,4-7,9H2,1-3H3,(H,19,20,22);5,7H,1-4,6H2,(H,19,20,22);3*1H4. The summed E-state index contributed by atoms with van der Waals surface area (Å²) in [7, 11) is 0. The Morgan fingerprint density at radius 1 is 0.714 bits per heavy atom. The van der Waals surface area contributed by atoms with Crippen molar-refractivity contribution in [2.45, 2.75) is 87.8 Å². The summed E-state index contributed by atoms with van der Waals surface area (Å²) in [4.78, 5) is 59.8. The molecule has 2 spiro atoms. The van der Waals surface area contributed by atoms with Crippen molar-refractivity contribution in [2.75, 3.05) is 36.8 Å². The van der Waals surface area contributed by atoms with Gasteiger partial charge >= 0.3 is 12.1 Å². The highest BCUT2D eigenvalue weighted by Crippen LogP contribution is 2.43. The van der Waals surface area contributed by atoms with Gasteiger partial charge in [-0.1, -0.05) is 43.1 Å². The zero-order valence-corrected chi connectivity index (χ0v) is 28.9. The first-order chi connectivity index (χ1) is 21.4. The summed E-state index contributed by atoms with van der Waals surface area (Å²) < 4.78 is 39.2. The fraction of sp³-hybridized carbons (Fsp3) is 0.588. The van der Waals surface area contributed by atoms with Gasteiger partial charge < -0.3 is 20.4 Å². The van der Waals surface area contributed by atoms with Crippen molar-refractivity contribution in [1.29, 1.82) is 0 Å². The summed E-state index contributed by atoms with van der Waals surface area (Å²) >= 11 is 6.76. The summed E-state index contributed by atoms with van der Waals surface area (Å²) in [6.45, 7) is 6.93. The molecule has 6 heterocycles. The van der Waals surface area contributed by atoms with Crippen LogP contribution in [0, 0.1) is 16.2 Å². The highest BCUT2D eigenvalue weighted by atomic mass is 79.9. The Morgan fingerprint density at radius 3 is 1.39 bits per heavy atom. The number of carbonyl (C=O) groups excluding carboxylic acids is 4. The van der Waals surface area contributed by atoms with Crippen molar-refractivity contribution in [2.24, 2.45) is 16.2 Å².